The lowest BCUT2D eigenvalue weighted by Crippen LogP contribution is -2.55. The minimum Gasteiger partial charge on any atom is -0.484 e. The molecule has 6 nitrogen and oxygen atoms in total. The summed E-state index contributed by atoms with van der Waals surface area (Å²) in [4.78, 5) is 27.6. The summed E-state index contributed by atoms with van der Waals surface area (Å²) in [5.74, 6) is 0.476. The molecule has 2 aromatic rings. The molecule has 1 N–H and O–H groups in total. The first-order valence-corrected chi connectivity index (χ1v) is 8.71. The molecule has 4 rings (SSSR count). The fourth-order valence-corrected chi connectivity index (χ4v) is 3.69. The molecule has 1 spiro atoms. The minimum absolute atomic E-state index is 0.0932. The van der Waals surface area contributed by atoms with Gasteiger partial charge >= 0.3 is 6.09 Å². The third-order valence-corrected chi connectivity index (χ3v) is 5.15. The van der Waals surface area contributed by atoms with E-state index in [-0.39, 0.29) is 5.91 Å². The Labute approximate surface area is 151 Å². The molecule has 134 valence electrons. The first kappa shape index (κ1) is 16.4. The van der Waals surface area contributed by atoms with Gasteiger partial charge in [0.15, 0.2) is 0 Å². The largest absolute Gasteiger partial charge is 0.484 e. The average Bonchev–Trinajstić information content (AvgIpc) is 2.78. The van der Waals surface area contributed by atoms with E-state index in [4.69, 9.17) is 4.74 Å². The molecule has 2 aliphatic rings. The first-order valence-electron chi connectivity index (χ1n) is 8.71. The van der Waals surface area contributed by atoms with Crippen molar-refractivity contribution in [3.8, 4) is 5.75 Å². The van der Waals surface area contributed by atoms with Crippen molar-refractivity contribution in [3.63, 3.8) is 0 Å². The Hall–Kier alpha value is -3.02. The van der Waals surface area contributed by atoms with Gasteiger partial charge < -0.3 is 19.6 Å². The van der Waals surface area contributed by atoms with Crippen LogP contribution in [0, 0.1) is 0 Å². The van der Waals surface area contributed by atoms with Gasteiger partial charge in [-0.25, -0.2) is 4.79 Å². The number of amides is 2. The SMILES string of the molecule is O=C(O)N1CCC2(CC1)CN(c1ccccc1)C(=O)c1ccccc1O2. The quantitative estimate of drug-likeness (QED) is 0.855. The van der Waals surface area contributed by atoms with E-state index < -0.39 is 11.7 Å². The molecule has 0 atom stereocenters. The van der Waals surface area contributed by atoms with Gasteiger partial charge in [-0.2, -0.15) is 0 Å². The van der Waals surface area contributed by atoms with Crippen LogP contribution in [-0.4, -0.2) is 47.2 Å². The number of carboxylic acid groups (broad SMARTS) is 1. The van der Waals surface area contributed by atoms with Gasteiger partial charge in [-0.1, -0.05) is 30.3 Å². The summed E-state index contributed by atoms with van der Waals surface area (Å²) >= 11 is 0. The highest BCUT2D eigenvalue weighted by atomic mass is 16.5. The number of nitrogens with zero attached hydrogens (tertiary/aromatic N) is 2. The highest BCUT2D eigenvalue weighted by Gasteiger charge is 2.44. The first-order chi connectivity index (χ1) is 12.6. The lowest BCUT2D eigenvalue weighted by molar-refractivity contribution is 0.0134. The highest BCUT2D eigenvalue weighted by Crippen LogP contribution is 2.37. The van der Waals surface area contributed by atoms with Crippen molar-refractivity contribution >= 4 is 17.7 Å². The smallest absolute Gasteiger partial charge is 0.407 e. The Morgan fingerprint density at radius 1 is 1.00 bits per heavy atom. The van der Waals surface area contributed by atoms with Crippen molar-refractivity contribution in [2.24, 2.45) is 0 Å². The van der Waals surface area contributed by atoms with Gasteiger partial charge in [0.2, 0.25) is 0 Å². The van der Waals surface area contributed by atoms with Crippen LogP contribution in [0.3, 0.4) is 0 Å². The van der Waals surface area contributed by atoms with Crippen LogP contribution >= 0.6 is 0 Å². The second kappa shape index (κ2) is 6.37. The van der Waals surface area contributed by atoms with E-state index in [0.29, 0.717) is 43.8 Å². The van der Waals surface area contributed by atoms with Crippen LogP contribution in [0.2, 0.25) is 0 Å². The van der Waals surface area contributed by atoms with Crippen LogP contribution in [0.4, 0.5) is 10.5 Å². The highest BCUT2D eigenvalue weighted by molar-refractivity contribution is 6.08. The van der Waals surface area contributed by atoms with Crippen LogP contribution in [0.5, 0.6) is 5.75 Å². The van der Waals surface area contributed by atoms with Gasteiger partial charge in [-0.15, -0.1) is 0 Å². The van der Waals surface area contributed by atoms with Gasteiger partial charge in [0.25, 0.3) is 5.91 Å². The van der Waals surface area contributed by atoms with Crippen LogP contribution in [0.25, 0.3) is 0 Å². The zero-order valence-electron chi connectivity index (χ0n) is 14.3. The molecular formula is C20H20N2O4. The zero-order valence-corrected chi connectivity index (χ0v) is 14.3. The Morgan fingerprint density at radius 3 is 2.35 bits per heavy atom. The molecule has 26 heavy (non-hydrogen) atoms. The summed E-state index contributed by atoms with van der Waals surface area (Å²) in [6.07, 6.45) is 0.180. The second-order valence-electron chi connectivity index (χ2n) is 6.78. The van der Waals surface area contributed by atoms with Gasteiger partial charge in [-0.05, 0) is 24.3 Å². The van der Waals surface area contributed by atoms with Crippen molar-refractivity contribution in [3.05, 3.63) is 60.2 Å². The number of piperidine rings is 1. The summed E-state index contributed by atoms with van der Waals surface area (Å²) in [5, 5.41) is 9.23. The molecule has 1 fully saturated rings. The maximum absolute atomic E-state index is 13.2. The topological polar surface area (TPSA) is 70.1 Å². The fourth-order valence-electron chi connectivity index (χ4n) is 3.69. The number of ether oxygens (including phenoxy) is 1. The lowest BCUT2D eigenvalue weighted by atomic mass is 9.90. The van der Waals surface area contributed by atoms with Crippen molar-refractivity contribution in [2.45, 2.75) is 18.4 Å². The van der Waals surface area contributed by atoms with Crippen molar-refractivity contribution in [1.82, 2.24) is 4.90 Å². The maximum atomic E-state index is 13.2. The molecule has 2 amide bonds. The monoisotopic (exact) mass is 352 g/mol. The average molecular weight is 352 g/mol. The van der Waals surface area contributed by atoms with Crippen molar-refractivity contribution in [1.29, 1.82) is 0 Å². The van der Waals surface area contributed by atoms with Crippen LogP contribution in [-0.2, 0) is 0 Å². The standard InChI is InChI=1S/C20H20N2O4/c23-18-16-8-4-5-9-17(16)26-20(10-12-21(13-11-20)19(24)25)14-22(18)15-6-2-1-3-7-15/h1-9H,10-14H2,(H,24,25). The number of benzene rings is 2. The summed E-state index contributed by atoms with van der Waals surface area (Å²) in [6.45, 7) is 1.20. The molecule has 2 aliphatic heterocycles. The molecule has 0 unspecified atom stereocenters. The van der Waals surface area contributed by atoms with Crippen molar-refractivity contribution in [2.75, 3.05) is 24.5 Å². The number of rotatable bonds is 1. The maximum Gasteiger partial charge on any atom is 0.407 e. The molecule has 0 bridgehead atoms. The van der Waals surface area contributed by atoms with Gasteiger partial charge in [0, 0.05) is 31.6 Å². The predicted octanol–water partition coefficient (Wildman–Crippen LogP) is 3.24. The minimum atomic E-state index is -0.912. The summed E-state index contributed by atoms with van der Waals surface area (Å²) in [5.41, 5.74) is 0.760. The molecule has 0 aliphatic carbocycles. The predicted molar refractivity (Wildman–Crippen MR) is 96.8 cm³/mol. The number of hydrogen-bond donors (Lipinski definition) is 1. The van der Waals surface area contributed by atoms with E-state index in [1.165, 1.54) is 4.90 Å². The number of fused-ring (bicyclic) bond motifs is 1. The number of carbonyl (C=O) groups excluding carboxylic acids is 1. The van der Waals surface area contributed by atoms with E-state index in [9.17, 15) is 14.7 Å². The third-order valence-electron chi connectivity index (χ3n) is 5.15. The summed E-state index contributed by atoms with van der Waals surface area (Å²) < 4.78 is 6.35. The lowest BCUT2D eigenvalue weighted by Gasteiger charge is -2.41. The Bertz CT molecular complexity index is 829. The van der Waals surface area contributed by atoms with E-state index in [1.54, 1.807) is 11.0 Å². The molecule has 2 heterocycles. The van der Waals surface area contributed by atoms with E-state index >= 15 is 0 Å². The van der Waals surface area contributed by atoms with Gasteiger partial charge in [0.05, 0.1) is 12.1 Å². The third kappa shape index (κ3) is 2.87. The number of anilines is 1. The van der Waals surface area contributed by atoms with E-state index in [1.807, 2.05) is 48.5 Å². The Balaban J connectivity index is 1.73. The molecule has 0 saturated carbocycles. The van der Waals surface area contributed by atoms with Gasteiger partial charge in [-0.3, -0.25) is 4.79 Å². The number of likely N-dealkylation sites (tertiary alicyclic amines) is 1. The Morgan fingerprint density at radius 2 is 1.65 bits per heavy atom. The summed E-state index contributed by atoms with van der Waals surface area (Å²) in [7, 11) is 0. The number of hydrogen-bond acceptors (Lipinski definition) is 3. The molecule has 2 aromatic carbocycles. The van der Waals surface area contributed by atoms with Crippen LogP contribution in [0.15, 0.2) is 54.6 Å². The molecule has 6 heteroatoms. The second-order valence-corrected chi connectivity index (χ2v) is 6.78. The number of carbonyl (C=O) groups is 2. The molecule has 1 saturated heterocycles. The van der Waals surface area contributed by atoms with Crippen LogP contribution < -0.4 is 9.64 Å². The van der Waals surface area contributed by atoms with E-state index in [2.05, 4.69) is 0 Å². The number of para-hydroxylation sites is 2. The zero-order chi connectivity index (χ0) is 18.1. The van der Waals surface area contributed by atoms with Crippen molar-refractivity contribution < 1.29 is 19.4 Å². The summed E-state index contributed by atoms with van der Waals surface area (Å²) in [6, 6.07) is 16.8. The van der Waals surface area contributed by atoms with Gasteiger partial charge in [0.1, 0.15) is 11.4 Å². The van der Waals surface area contributed by atoms with Crippen LogP contribution in [0.1, 0.15) is 23.2 Å². The molecule has 0 aromatic heterocycles. The molecule has 0 radical (unpaired) electrons. The van der Waals surface area contributed by atoms with E-state index in [0.717, 1.165) is 5.69 Å². The Kier molecular flexibility index (Phi) is 4.03. The molecular weight excluding hydrogens is 332 g/mol. The fraction of sp³-hybridized carbons (Fsp3) is 0.300. The normalized spacial score (nSPS) is 18.8.